The van der Waals surface area contributed by atoms with Crippen LogP contribution in [0.5, 0.6) is 0 Å². The fraction of sp³-hybridized carbons (Fsp3) is 0.538. The minimum absolute atomic E-state index is 0.119. The van der Waals surface area contributed by atoms with Crippen LogP contribution in [0.2, 0.25) is 0 Å². The van der Waals surface area contributed by atoms with Crippen molar-refractivity contribution in [2.45, 2.75) is 45.3 Å². The number of hydrogen-bond acceptors (Lipinski definition) is 3. The second kappa shape index (κ2) is 6.58. The molecule has 0 aliphatic carbocycles. The summed E-state index contributed by atoms with van der Waals surface area (Å²) in [6.45, 7) is 3.79. The van der Waals surface area contributed by atoms with Crippen molar-refractivity contribution in [3.05, 3.63) is 33.9 Å². The zero-order chi connectivity index (χ0) is 15.3. The number of unbranched alkanes of at least 4 members (excludes halogenated alkanes) is 1. The van der Waals surface area contributed by atoms with Gasteiger partial charge in [0.2, 0.25) is 0 Å². The number of benzene rings is 1. The van der Waals surface area contributed by atoms with Gasteiger partial charge in [-0.2, -0.15) is 13.2 Å². The topological polar surface area (TPSA) is 55.2 Å². The standard InChI is InChI=1S/C13H17F3N2O2/c1-3-4-5-9(2)17-12-7-6-10(18(19)20)8-11(12)13(14,15)16/h6-9,17H,3-5H2,1-2H3. The third kappa shape index (κ3) is 4.40. The van der Waals surface area contributed by atoms with Crippen LogP contribution in [0.3, 0.4) is 0 Å². The number of non-ortho nitro benzene ring substituents is 1. The Morgan fingerprint density at radius 1 is 1.40 bits per heavy atom. The van der Waals surface area contributed by atoms with Gasteiger partial charge in [0.25, 0.3) is 5.69 Å². The number of nitrogens with zero attached hydrogens (tertiary/aromatic N) is 1. The number of anilines is 1. The van der Waals surface area contributed by atoms with Gasteiger partial charge >= 0.3 is 6.18 Å². The monoisotopic (exact) mass is 290 g/mol. The maximum absolute atomic E-state index is 12.9. The molecule has 0 saturated carbocycles. The quantitative estimate of drug-likeness (QED) is 0.615. The smallest absolute Gasteiger partial charge is 0.382 e. The molecule has 4 nitrogen and oxygen atoms in total. The van der Waals surface area contributed by atoms with Gasteiger partial charge in [-0.25, -0.2) is 0 Å². The van der Waals surface area contributed by atoms with E-state index >= 15 is 0 Å². The highest BCUT2D eigenvalue weighted by molar-refractivity contribution is 5.57. The van der Waals surface area contributed by atoms with Crippen LogP contribution in [0.1, 0.15) is 38.7 Å². The lowest BCUT2D eigenvalue weighted by molar-refractivity contribution is -0.385. The van der Waals surface area contributed by atoms with Crippen LogP contribution in [-0.2, 0) is 6.18 Å². The van der Waals surface area contributed by atoms with E-state index in [1.807, 2.05) is 6.92 Å². The molecule has 0 aromatic heterocycles. The van der Waals surface area contributed by atoms with Crippen LogP contribution in [0.15, 0.2) is 18.2 Å². The second-order valence-corrected chi connectivity index (χ2v) is 4.67. The molecular formula is C13H17F3N2O2. The molecule has 7 heteroatoms. The second-order valence-electron chi connectivity index (χ2n) is 4.67. The van der Waals surface area contributed by atoms with Gasteiger partial charge in [-0.1, -0.05) is 19.8 Å². The highest BCUT2D eigenvalue weighted by Gasteiger charge is 2.35. The molecule has 0 amide bonds. The van der Waals surface area contributed by atoms with Gasteiger partial charge < -0.3 is 5.32 Å². The van der Waals surface area contributed by atoms with Crippen molar-refractivity contribution in [3.8, 4) is 0 Å². The summed E-state index contributed by atoms with van der Waals surface area (Å²) in [5.41, 5.74) is -1.69. The van der Waals surface area contributed by atoms with Crippen molar-refractivity contribution in [1.29, 1.82) is 0 Å². The van der Waals surface area contributed by atoms with Gasteiger partial charge in [0.15, 0.2) is 0 Å². The first-order chi connectivity index (χ1) is 9.25. The predicted molar refractivity (Wildman–Crippen MR) is 70.7 cm³/mol. The van der Waals surface area contributed by atoms with Crippen LogP contribution < -0.4 is 5.32 Å². The van der Waals surface area contributed by atoms with Gasteiger partial charge in [0.05, 0.1) is 10.5 Å². The van der Waals surface area contributed by atoms with Gasteiger partial charge in [-0.15, -0.1) is 0 Å². The molecule has 0 fully saturated rings. The first-order valence-electron chi connectivity index (χ1n) is 6.38. The number of nitrogens with one attached hydrogen (secondary N) is 1. The van der Waals surface area contributed by atoms with Crippen molar-refractivity contribution in [1.82, 2.24) is 0 Å². The Morgan fingerprint density at radius 3 is 2.55 bits per heavy atom. The van der Waals surface area contributed by atoms with Gasteiger partial charge in [-0.3, -0.25) is 10.1 Å². The lowest BCUT2D eigenvalue weighted by atomic mass is 10.1. The van der Waals surface area contributed by atoms with Crippen molar-refractivity contribution < 1.29 is 18.1 Å². The minimum atomic E-state index is -4.63. The van der Waals surface area contributed by atoms with Gasteiger partial charge in [0.1, 0.15) is 0 Å². The average Bonchev–Trinajstić information content (AvgIpc) is 2.35. The van der Waals surface area contributed by atoms with Crippen LogP contribution in [-0.4, -0.2) is 11.0 Å². The van der Waals surface area contributed by atoms with E-state index in [1.54, 1.807) is 6.92 Å². The molecule has 1 aromatic rings. The fourth-order valence-corrected chi connectivity index (χ4v) is 1.85. The molecule has 1 unspecified atom stereocenters. The Bertz CT molecular complexity index is 475. The average molecular weight is 290 g/mol. The summed E-state index contributed by atoms with van der Waals surface area (Å²) < 4.78 is 38.8. The van der Waals surface area contributed by atoms with E-state index in [-0.39, 0.29) is 11.7 Å². The summed E-state index contributed by atoms with van der Waals surface area (Å²) in [5.74, 6) is 0. The molecule has 0 aliphatic rings. The van der Waals surface area contributed by atoms with Crippen molar-refractivity contribution in [3.63, 3.8) is 0 Å². The number of nitro groups is 1. The zero-order valence-corrected chi connectivity index (χ0v) is 11.3. The molecule has 0 radical (unpaired) electrons. The van der Waals surface area contributed by atoms with Crippen LogP contribution in [0.25, 0.3) is 0 Å². The highest BCUT2D eigenvalue weighted by Crippen LogP contribution is 2.37. The number of halogens is 3. The maximum Gasteiger partial charge on any atom is 0.418 e. The highest BCUT2D eigenvalue weighted by atomic mass is 19.4. The molecule has 0 saturated heterocycles. The van der Waals surface area contributed by atoms with Gasteiger partial charge in [0, 0.05) is 23.9 Å². The minimum Gasteiger partial charge on any atom is -0.382 e. The summed E-state index contributed by atoms with van der Waals surface area (Å²) >= 11 is 0. The molecule has 1 atom stereocenters. The zero-order valence-electron chi connectivity index (χ0n) is 11.3. The molecular weight excluding hydrogens is 273 g/mol. The maximum atomic E-state index is 12.9. The van der Waals surface area contributed by atoms with Crippen LogP contribution >= 0.6 is 0 Å². The number of nitro benzene ring substituents is 1. The normalized spacial score (nSPS) is 13.1. The van der Waals surface area contributed by atoms with E-state index in [1.165, 1.54) is 0 Å². The largest absolute Gasteiger partial charge is 0.418 e. The molecule has 0 heterocycles. The van der Waals surface area contributed by atoms with E-state index in [4.69, 9.17) is 0 Å². The lowest BCUT2D eigenvalue weighted by Gasteiger charge is -2.19. The molecule has 1 N–H and O–H groups in total. The first-order valence-corrected chi connectivity index (χ1v) is 6.38. The molecule has 112 valence electrons. The van der Waals surface area contributed by atoms with Crippen molar-refractivity contribution >= 4 is 11.4 Å². The van der Waals surface area contributed by atoms with Crippen LogP contribution in [0.4, 0.5) is 24.5 Å². The first kappa shape index (κ1) is 16.3. The SMILES string of the molecule is CCCCC(C)Nc1ccc([N+](=O)[O-])cc1C(F)(F)F. The van der Waals surface area contributed by atoms with E-state index in [0.717, 1.165) is 31.4 Å². The van der Waals surface area contributed by atoms with Gasteiger partial charge in [-0.05, 0) is 19.4 Å². The molecule has 0 spiro atoms. The number of hydrogen-bond donors (Lipinski definition) is 1. The molecule has 1 rings (SSSR count). The Morgan fingerprint density at radius 2 is 2.05 bits per heavy atom. The summed E-state index contributed by atoms with van der Waals surface area (Å²) in [7, 11) is 0. The van der Waals surface area contributed by atoms with Crippen molar-refractivity contribution in [2.75, 3.05) is 5.32 Å². The Balaban J connectivity index is 3.03. The molecule has 0 bridgehead atoms. The van der Waals surface area contributed by atoms with Crippen LogP contribution in [0, 0.1) is 10.1 Å². The summed E-state index contributed by atoms with van der Waals surface area (Å²) in [6.07, 6.45) is -2.02. The summed E-state index contributed by atoms with van der Waals surface area (Å²) in [6, 6.07) is 2.63. The summed E-state index contributed by atoms with van der Waals surface area (Å²) in [4.78, 5) is 9.74. The van der Waals surface area contributed by atoms with E-state index in [0.29, 0.717) is 6.07 Å². The van der Waals surface area contributed by atoms with E-state index in [9.17, 15) is 23.3 Å². The number of alkyl halides is 3. The molecule has 0 aliphatic heterocycles. The molecule has 20 heavy (non-hydrogen) atoms. The Kier molecular flexibility index (Phi) is 5.35. The lowest BCUT2D eigenvalue weighted by Crippen LogP contribution is -2.18. The predicted octanol–water partition coefficient (Wildman–Crippen LogP) is 4.60. The molecule has 1 aromatic carbocycles. The number of rotatable bonds is 6. The Labute approximate surface area is 115 Å². The third-order valence-electron chi connectivity index (χ3n) is 2.91. The fourth-order valence-electron chi connectivity index (χ4n) is 1.85. The third-order valence-corrected chi connectivity index (χ3v) is 2.91. The summed E-state index contributed by atoms with van der Waals surface area (Å²) in [5, 5.41) is 13.3. The van der Waals surface area contributed by atoms with E-state index in [2.05, 4.69) is 5.32 Å². The Hall–Kier alpha value is -1.79. The van der Waals surface area contributed by atoms with E-state index < -0.39 is 22.4 Å². The van der Waals surface area contributed by atoms with Crippen molar-refractivity contribution in [2.24, 2.45) is 0 Å².